The summed E-state index contributed by atoms with van der Waals surface area (Å²) in [7, 11) is -4.45. The number of hydrogen-bond acceptors (Lipinski definition) is 3. The zero-order valence-corrected chi connectivity index (χ0v) is 18.2. The third-order valence-corrected chi connectivity index (χ3v) is 4.97. The topological polar surface area (TPSA) is 57.2 Å². The minimum atomic E-state index is -4.45. The molecule has 2 aromatic carbocycles. The molecule has 0 amide bonds. The van der Waals surface area contributed by atoms with E-state index in [0.29, 0.717) is 6.42 Å². The van der Waals surface area contributed by atoms with Crippen LogP contribution in [-0.2, 0) is 23.0 Å². The van der Waals surface area contributed by atoms with Crippen molar-refractivity contribution in [2.75, 3.05) is 0 Å². The summed E-state index contributed by atoms with van der Waals surface area (Å²) in [6.45, 7) is 4.18. The van der Waals surface area contributed by atoms with Crippen molar-refractivity contribution < 1.29 is 64.4 Å². The van der Waals surface area contributed by atoms with E-state index in [1.54, 1.807) is 6.07 Å². The number of aryl methyl sites for hydroxylation is 1. The number of fused-ring (bicyclic) bond motifs is 1. The molecule has 0 atom stereocenters. The summed E-state index contributed by atoms with van der Waals surface area (Å²) in [4.78, 5) is -0.0225. The van der Waals surface area contributed by atoms with Crippen molar-refractivity contribution >= 4 is 20.9 Å². The molecule has 0 unspecified atom stereocenters. The number of rotatable bonds is 7. The van der Waals surface area contributed by atoms with Gasteiger partial charge in [0.15, 0.2) is 0 Å². The van der Waals surface area contributed by atoms with Gasteiger partial charge in [-0.1, -0.05) is 51.0 Å². The Morgan fingerprint density at radius 3 is 2.09 bits per heavy atom. The molecule has 3 nitrogen and oxygen atoms in total. The van der Waals surface area contributed by atoms with Gasteiger partial charge in [-0.3, -0.25) is 0 Å². The standard InChI is InChI=1S/C18H24O3S.K/c1-3-5-10-16-15-12-8-7-9-14(15)13-18(22(19,20)21)17(16)11-6-4-2;/h7-9,12-13H,3-6,10-11H2,1-2H3,(H,19,20,21);/q;+1/p-1. The smallest absolute Gasteiger partial charge is 0.744 e. The van der Waals surface area contributed by atoms with Gasteiger partial charge >= 0.3 is 51.4 Å². The van der Waals surface area contributed by atoms with Gasteiger partial charge in [0.1, 0.15) is 10.1 Å². The van der Waals surface area contributed by atoms with E-state index in [-0.39, 0.29) is 56.3 Å². The maximum absolute atomic E-state index is 11.7. The van der Waals surface area contributed by atoms with E-state index < -0.39 is 10.1 Å². The molecule has 0 spiro atoms. The molecule has 0 fully saturated rings. The average molecular weight is 359 g/mol. The molecule has 0 radical (unpaired) electrons. The van der Waals surface area contributed by atoms with E-state index in [9.17, 15) is 13.0 Å². The Morgan fingerprint density at radius 2 is 1.52 bits per heavy atom. The first kappa shape index (κ1) is 21.3. The van der Waals surface area contributed by atoms with Crippen LogP contribution < -0.4 is 51.4 Å². The molecule has 0 heterocycles. The van der Waals surface area contributed by atoms with Crippen molar-refractivity contribution in [3.8, 4) is 0 Å². The fourth-order valence-corrected chi connectivity index (χ4v) is 3.73. The van der Waals surface area contributed by atoms with Gasteiger partial charge in [-0.15, -0.1) is 0 Å². The first-order valence-electron chi connectivity index (χ1n) is 7.98. The molecule has 23 heavy (non-hydrogen) atoms. The van der Waals surface area contributed by atoms with Crippen LogP contribution in [0, 0.1) is 0 Å². The number of unbranched alkanes of at least 4 members (excludes halogenated alkanes) is 2. The second kappa shape index (κ2) is 9.66. The van der Waals surface area contributed by atoms with E-state index in [1.165, 1.54) is 0 Å². The van der Waals surface area contributed by atoms with Crippen molar-refractivity contribution in [3.63, 3.8) is 0 Å². The Morgan fingerprint density at radius 1 is 0.957 bits per heavy atom. The van der Waals surface area contributed by atoms with Crippen LogP contribution in [-0.4, -0.2) is 13.0 Å². The summed E-state index contributed by atoms with van der Waals surface area (Å²) >= 11 is 0. The van der Waals surface area contributed by atoms with Crippen LogP contribution in [0.1, 0.15) is 50.7 Å². The van der Waals surface area contributed by atoms with Gasteiger partial charge in [0, 0.05) is 0 Å². The predicted molar refractivity (Wildman–Crippen MR) is 89.1 cm³/mol. The van der Waals surface area contributed by atoms with Crippen LogP contribution in [0.3, 0.4) is 0 Å². The first-order chi connectivity index (χ1) is 10.5. The summed E-state index contributed by atoms with van der Waals surface area (Å²) in [5.41, 5.74) is 1.78. The van der Waals surface area contributed by atoms with Gasteiger partial charge in [0.25, 0.3) is 0 Å². The molecule has 0 N–H and O–H groups in total. The van der Waals surface area contributed by atoms with Gasteiger partial charge in [0.05, 0.1) is 4.90 Å². The molecular formula is C18H23KO3S. The Kier molecular flexibility index (Phi) is 8.94. The molecule has 0 aliphatic carbocycles. The van der Waals surface area contributed by atoms with Crippen LogP contribution in [0.2, 0.25) is 0 Å². The van der Waals surface area contributed by atoms with E-state index in [2.05, 4.69) is 13.8 Å². The monoisotopic (exact) mass is 358 g/mol. The van der Waals surface area contributed by atoms with Crippen molar-refractivity contribution in [2.45, 2.75) is 57.3 Å². The molecule has 0 aliphatic heterocycles. The molecule has 120 valence electrons. The molecule has 2 aromatic rings. The first-order valence-corrected chi connectivity index (χ1v) is 9.39. The quantitative estimate of drug-likeness (QED) is 0.556. The van der Waals surface area contributed by atoms with E-state index >= 15 is 0 Å². The van der Waals surface area contributed by atoms with Crippen molar-refractivity contribution in [1.82, 2.24) is 0 Å². The summed E-state index contributed by atoms with van der Waals surface area (Å²) in [6, 6.07) is 9.30. The molecule has 2 rings (SSSR count). The molecule has 5 heteroatoms. The predicted octanol–water partition coefficient (Wildman–Crippen LogP) is 1.43. The molecule has 0 bridgehead atoms. The van der Waals surface area contributed by atoms with Crippen molar-refractivity contribution in [3.05, 3.63) is 41.5 Å². The Hall–Kier alpha value is 0.246. The maximum atomic E-state index is 11.7. The van der Waals surface area contributed by atoms with Crippen LogP contribution in [0.15, 0.2) is 35.2 Å². The summed E-state index contributed by atoms with van der Waals surface area (Å²) in [5.74, 6) is 0. The fourth-order valence-electron chi connectivity index (χ4n) is 2.93. The maximum Gasteiger partial charge on any atom is 1.00 e. The second-order valence-corrected chi connectivity index (χ2v) is 7.06. The molecule has 0 aliphatic rings. The number of hydrogen-bond donors (Lipinski definition) is 0. The zero-order chi connectivity index (χ0) is 16.2. The van der Waals surface area contributed by atoms with E-state index in [4.69, 9.17) is 0 Å². The normalized spacial score (nSPS) is 11.4. The van der Waals surface area contributed by atoms with Crippen LogP contribution in [0.4, 0.5) is 0 Å². The van der Waals surface area contributed by atoms with Crippen LogP contribution in [0.5, 0.6) is 0 Å². The SMILES string of the molecule is CCCCc1c(S(=O)(=O)[O-])cc2ccccc2c1CCCC.[K+]. The van der Waals surface area contributed by atoms with Crippen LogP contribution in [0.25, 0.3) is 10.8 Å². The Labute approximate surface area is 182 Å². The van der Waals surface area contributed by atoms with Gasteiger partial charge in [0.2, 0.25) is 0 Å². The molecule has 0 saturated heterocycles. The van der Waals surface area contributed by atoms with Gasteiger partial charge in [-0.2, -0.15) is 0 Å². The Bertz CT molecular complexity index is 754. The molecular weight excluding hydrogens is 335 g/mol. The van der Waals surface area contributed by atoms with Crippen LogP contribution >= 0.6 is 0 Å². The molecule has 0 aromatic heterocycles. The third kappa shape index (κ3) is 5.36. The van der Waals surface area contributed by atoms with Crippen molar-refractivity contribution in [1.29, 1.82) is 0 Å². The van der Waals surface area contributed by atoms with E-state index in [1.807, 2.05) is 24.3 Å². The minimum Gasteiger partial charge on any atom is -0.744 e. The van der Waals surface area contributed by atoms with Gasteiger partial charge < -0.3 is 4.55 Å². The average Bonchev–Trinajstić information content (AvgIpc) is 2.49. The van der Waals surface area contributed by atoms with Gasteiger partial charge in [-0.25, -0.2) is 8.42 Å². The fraction of sp³-hybridized carbons (Fsp3) is 0.444. The number of benzene rings is 2. The summed E-state index contributed by atoms with van der Waals surface area (Å²) in [5, 5.41) is 1.91. The minimum absolute atomic E-state index is 0. The summed E-state index contributed by atoms with van der Waals surface area (Å²) < 4.78 is 35.2. The van der Waals surface area contributed by atoms with E-state index in [0.717, 1.165) is 54.0 Å². The third-order valence-electron chi connectivity index (χ3n) is 4.06. The zero-order valence-electron chi connectivity index (χ0n) is 14.3. The van der Waals surface area contributed by atoms with Crippen molar-refractivity contribution in [2.24, 2.45) is 0 Å². The summed E-state index contributed by atoms with van der Waals surface area (Å²) in [6.07, 6.45) is 5.36. The molecule has 0 saturated carbocycles. The van der Waals surface area contributed by atoms with Gasteiger partial charge in [-0.05, 0) is 53.6 Å². The Balaban J connectivity index is 0.00000264. The largest absolute Gasteiger partial charge is 1.00 e. The second-order valence-electron chi connectivity index (χ2n) is 5.71.